The summed E-state index contributed by atoms with van der Waals surface area (Å²) in [6, 6.07) is 12.9. The first-order chi connectivity index (χ1) is 8.79. The number of hydrogen-bond acceptors (Lipinski definition) is 2. The smallest absolute Gasteiger partial charge is 0.251 e. The molecule has 3 nitrogen and oxygen atoms in total. The molecule has 0 saturated carbocycles. The van der Waals surface area contributed by atoms with Gasteiger partial charge in [-0.1, -0.05) is 24.3 Å². The van der Waals surface area contributed by atoms with Crippen LogP contribution in [-0.4, -0.2) is 10.9 Å². The zero-order valence-corrected chi connectivity index (χ0v) is 10.5. The number of alkyl halides is 1. The molecule has 2 aromatic rings. The molecule has 1 amide bonds. The van der Waals surface area contributed by atoms with Crippen molar-refractivity contribution in [2.24, 2.45) is 0 Å². The van der Waals surface area contributed by atoms with Gasteiger partial charge in [0, 0.05) is 17.6 Å². The number of nitrogens with one attached hydrogen (secondary N) is 1. The second kappa shape index (κ2) is 6.17. The molecule has 0 unspecified atom stereocenters. The van der Waals surface area contributed by atoms with Gasteiger partial charge in [0.2, 0.25) is 0 Å². The Morgan fingerprint density at radius 1 is 1.17 bits per heavy atom. The van der Waals surface area contributed by atoms with E-state index in [0.717, 1.165) is 11.3 Å². The second-order valence-electron chi connectivity index (χ2n) is 3.84. The number of carbonyl (C=O) groups is 1. The van der Waals surface area contributed by atoms with E-state index in [0.29, 0.717) is 18.0 Å². The van der Waals surface area contributed by atoms with Crippen molar-refractivity contribution in [3.63, 3.8) is 0 Å². The molecule has 2 rings (SSSR count). The number of nitrogens with zero attached hydrogens (tertiary/aromatic N) is 1. The SMILES string of the molecule is O=C(NCc1ccc(CCl)cn1)c1ccccc1. The van der Waals surface area contributed by atoms with E-state index in [1.807, 2.05) is 30.3 Å². The quantitative estimate of drug-likeness (QED) is 0.859. The van der Waals surface area contributed by atoms with Crippen LogP contribution in [0.3, 0.4) is 0 Å². The van der Waals surface area contributed by atoms with Gasteiger partial charge in [-0.05, 0) is 23.8 Å². The lowest BCUT2D eigenvalue weighted by Crippen LogP contribution is -2.23. The molecule has 0 aliphatic rings. The van der Waals surface area contributed by atoms with Gasteiger partial charge in [-0.3, -0.25) is 9.78 Å². The van der Waals surface area contributed by atoms with Gasteiger partial charge < -0.3 is 5.32 Å². The zero-order valence-electron chi connectivity index (χ0n) is 9.77. The van der Waals surface area contributed by atoms with Crippen LogP contribution >= 0.6 is 11.6 Å². The minimum absolute atomic E-state index is 0.0983. The van der Waals surface area contributed by atoms with Crippen molar-refractivity contribution in [2.75, 3.05) is 0 Å². The summed E-state index contributed by atoms with van der Waals surface area (Å²) in [7, 11) is 0. The van der Waals surface area contributed by atoms with Gasteiger partial charge in [-0.15, -0.1) is 11.6 Å². The number of amides is 1. The molecule has 0 radical (unpaired) electrons. The topological polar surface area (TPSA) is 42.0 Å². The summed E-state index contributed by atoms with van der Waals surface area (Å²) in [5.74, 6) is 0.350. The Morgan fingerprint density at radius 2 is 1.94 bits per heavy atom. The maximum absolute atomic E-state index is 11.8. The molecular formula is C14H13ClN2O. The molecule has 0 saturated heterocycles. The molecule has 18 heavy (non-hydrogen) atoms. The van der Waals surface area contributed by atoms with Gasteiger partial charge >= 0.3 is 0 Å². The van der Waals surface area contributed by atoms with E-state index in [4.69, 9.17) is 11.6 Å². The number of pyridine rings is 1. The third-order valence-electron chi connectivity index (χ3n) is 2.51. The molecule has 0 fully saturated rings. The Labute approximate surface area is 111 Å². The number of halogens is 1. The molecule has 1 N–H and O–H groups in total. The first-order valence-corrected chi connectivity index (χ1v) is 6.16. The predicted molar refractivity (Wildman–Crippen MR) is 71.4 cm³/mol. The van der Waals surface area contributed by atoms with Crippen LogP contribution < -0.4 is 5.32 Å². The van der Waals surface area contributed by atoms with Crippen LogP contribution in [0.15, 0.2) is 48.7 Å². The minimum Gasteiger partial charge on any atom is -0.346 e. The van der Waals surface area contributed by atoms with Gasteiger partial charge in [0.05, 0.1) is 12.2 Å². The summed E-state index contributed by atoms with van der Waals surface area (Å²) in [6.45, 7) is 0.413. The van der Waals surface area contributed by atoms with Crippen molar-refractivity contribution >= 4 is 17.5 Å². The zero-order chi connectivity index (χ0) is 12.8. The van der Waals surface area contributed by atoms with Crippen LogP contribution in [0, 0.1) is 0 Å². The van der Waals surface area contributed by atoms with Crippen molar-refractivity contribution in [1.82, 2.24) is 10.3 Å². The van der Waals surface area contributed by atoms with Crippen LogP contribution in [0.25, 0.3) is 0 Å². The van der Waals surface area contributed by atoms with Crippen LogP contribution in [-0.2, 0) is 12.4 Å². The summed E-state index contributed by atoms with van der Waals surface area (Å²) in [5.41, 5.74) is 2.43. The summed E-state index contributed by atoms with van der Waals surface area (Å²) >= 11 is 5.68. The molecule has 0 spiro atoms. The van der Waals surface area contributed by atoms with Gasteiger partial charge in [0.15, 0.2) is 0 Å². The highest BCUT2D eigenvalue weighted by Gasteiger charge is 2.04. The van der Waals surface area contributed by atoms with Crippen LogP contribution in [0.1, 0.15) is 21.6 Å². The summed E-state index contributed by atoms with van der Waals surface area (Å²) < 4.78 is 0. The Kier molecular flexibility index (Phi) is 4.31. The van der Waals surface area contributed by atoms with Crippen molar-refractivity contribution in [1.29, 1.82) is 0 Å². The summed E-state index contributed by atoms with van der Waals surface area (Å²) in [6.07, 6.45) is 1.72. The average Bonchev–Trinajstić information content (AvgIpc) is 2.46. The monoisotopic (exact) mass is 260 g/mol. The second-order valence-corrected chi connectivity index (χ2v) is 4.11. The van der Waals surface area contributed by atoms with Crippen molar-refractivity contribution < 1.29 is 4.79 Å². The molecule has 1 aromatic heterocycles. The van der Waals surface area contributed by atoms with E-state index >= 15 is 0 Å². The van der Waals surface area contributed by atoms with Crippen LogP contribution in [0.5, 0.6) is 0 Å². The first-order valence-electron chi connectivity index (χ1n) is 5.62. The molecule has 0 aliphatic heterocycles. The summed E-state index contributed by atoms with van der Waals surface area (Å²) in [5, 5.41) is 2.82. The number of carbonyl (C=O) groups excluding carboxylic acids is 1. The fourth-order valence-corrected chi connectivity index (χ4v) is 1.66. The first kappa shape index (κ1) is 12.6. The minimum atomic E-state index is -0.0983. The highest BCUT2D eigenvalue weighted by Crippen LogP contribution is 2.04. The fraction of sp³-hybridized carbons (Fsp3) is 0.143. The molecule has 1 aromatic carbocycles. The number of benzene rings is 1. The molecule has 0 aliphatic carbocycles. The normalized spacial score (nSPS) is 10.1. The average molecular weight is 261 g/mol. The fourth-order valence-electron chi connectivity index (χ4n) is 1.50. The molecule has 0 atom stereocenters. The Bertz CT molecular complexity index is 511. The van der Waals surface area contributed by atoms with Gasteiger partial charge in [0.1, 0.15) is 0 Å². The third-order valence-corrected chi connectivity index (χ3v) is 2.81. The lowest BCUT2D eigenvalue weighted by atomic mass is 10.2. The van der Waals surface area contributed by atoms with Gasteiger partial charge in [0.25, 0.3) is 5.91 Å². The van der Waals surface area contributed by atoms with Gasteiger partial charge in [-0.25, -0.2) is 0 Å². The van der Waals surface area contributed by atoms with E-state index in [2.05, 4.69) is 10.3 Å². The molecular weight excluding hydrogens is 248 g/mol. The Balaban J connectivity index is 1.93. The van der Waals surface area contributed by atoms with Crippen LogP contribution in [0.2, 0.25) is 0 Å². The predicted octanol–water partition coefficient (Wildman–Crippen LogP) is 2.75. The molecule has 4 heteroatoms. The maximum atomic E-state index is 11.8. The van der Waals surface area contributed by atoms with E-state index in [-0.39, 0.29) is 5.91 Å². The van der Waals surface area contributed by atoms with Crippen LogP contribution in [0.4, 0.5) is 0 Å². The standard InChI is InChI=1S/C14H13ClN2O/c15-8-11-6-7-13(16-9-11)10-17-14(18)12-4-2-1-3-5-12/h1-7,9H,8,10H2,(H,17,18). The van der Waals surface area contributed by atoms with E-state index in [1.54, 1.807) is 18.3 Å². The number of hydrogen-bond donors (Lipinski definition) is 1. The van der Waals surface area contributed by atoms with E-state index in [9.17, 15) is 4.79 Å². The lowest BCUT2D eigenvalue weighted by molar-refractivity contribution is 0.0950. The van der Waals surface area contributed by atoms with Crippen molar-refractivity contribution in [3.8, 4) is 0 Å². The van der Waals surface area contributed by atoms with Gasteiger partial charge in [-0.2, -0.15) is 0 Å². The maximum Gasteiger partial charge on any atom is 0.251 e. The highest BCUT2D eigenvalue weighted by atomic mass is 35.5. The highest BCUT2D eigenvalue weighted by molar-refractivity contribution is 6.17. The van der Waals surface area contributed by atoms with E-state index < -0.39 is 0 Å². The Hall–Kier alpha value is -1.87. The Morgan fingerprint density at radius 3 is 2.56 bits per heavy atom. The number of rotatable bonds is 4. The molecule has 1 heterocycles. The lowest BCUT2D eigenvalue weighted by Gasteiger charge is -2.05. The van der Waals surface area contributed by atoms with E-state index in [1.165, 1.54) is 0 Å². The third kappa shape index (κ3) is 3.31. The summed E-state index contributed by atoms with van der Waals surface area (Å²) in [4.78, 5) is 16.0. The molecule has 92 valence electrons. The number of aromatic nitrogens is 1. The largest absolute Gasteiger partial charge is 0.346 e. The van der Waals surface area contributed by atoms with Crippen molar-refractivity contribution in [2.45, 2.75) is 12.4 Å². The van der Waals surface area contributed by atoms with Crippen molar-refractivity contribution in [3.05, 3.63) is 65.5 Å². The molecule has 0 bridgehead atoms.